The number of amides is 1. The molecule has 1 N–H and O–H groups in total. The average Bonchev–Trinajstić information content (AvgIpc) is 3.32. The zero-order valence-electron chi connectivity index (χ0n) is 15.7. The molecule has 27 heavy (non-hydrogen) atoms. The summed E-state index contributed by atoms with van der Waals surface area (Å²) in [6.45, 7) is 4.45. The summed E-state index contributed by atoms with van der Waals surface area (Å²) in [6.07, 6.45) is 7.09. The molecule has 0 atom stereocenters. The zero-order valence-corrected chi connectivity index (χ0v) is 16.5. The van der Waals surface area contributed by atoms with Gasteiger partial charge in [0.15, 0.2) is 5.16 Å². The molecule has 1 fully saturated rings. The Hall–Kier alpha value is -2.28. The van der Waals surface area contributed by atoms with Gasteiger partial charge in [-0.1, -0.05) is 42.8 Å². The molecule has 3 rings (SSSR count). The van der Waals surface area contributed by atoms with Crippen LogP contribution >= 0.6 is 11.8 Å². The summed E-state index contributed by atoms with van der Waals surface area (Å²) in [7, 11) is 1.65. The molecule has 0 saturated heterocycles. The lowest BCUT2D eigenvalue weighted by molar-refractivity contribution is -0.119. The molecular formula is C20H26N4O2S. The second kappa shape index (κ2) is 9.60. The number of aromatic nitrogens is 3. The molecule has 1 amide bonds. The van der Waals surface area contributed by atoms with Gasteiger partial charge in [-0.15, -0.1) is 16.8 Å². The van der Waals surface area contributed by atoms with E-state index in [0.29, 0.717) is 24.8 Å². The lowest BCUT2D eigenvalue weighted by Crippen LogP contribution is -2.33. The molecule has 2 aromatic rings. The Kier molecular flexibility index (Phi) is 6.92. The minimum atomic E-state index is 0.0664. The molecule has 6 nitrogen and oxygen atoms in total. The van der Waals surface area contributed by atoms with Crippen molar-refractivity contribution in [2.45, 2.75) is 49.8 Å². The van der Waals surface area contributed by atoms with Gasteiger partial charge >= 0.3 is 0 Å². The first kappa shape index (κ1) is 19.5. The van der Waals surface area contributed by atoms with Crippen molar-refractivity contribution in [3.05, 3.63) is 48.3 Å². The highest BCUT2D eigenvalue weighted by atomic mass is 32.2. The number of rotatable bonds is 9. The third-order valence-electron chi connectivity index (χ3n) is 4.68. The maximum Gasteiger partial charge on any atom is 0.230 e. The Labute approximate surface area is 164 Å². The summed E-state index contributed by atoms with van der Waals surface area (Å²) in [5.74, 6) is 2.11. The molecule has 1 aromatic carbocycles. The molecule has 1 saturated carbocycles. The van der Waals surface area contributed by atoms with Crippen molar-refractivity contribution in [1.29, 1.82) is 0 Å². The van der Waals surface area contributed by atoms with Crippen molar-refractivity contribution in [3.63, 3.8) is 0 Å². The number of carbonyl (C=O) groups excluding carboxylic acids is 1. The van der Waals surface area contributed by atoms with Crippen LogP contribution in [0.3, 0.4) is 0 Å². The summed E-state index contributed by atoms with van der Waals surface area (Å²) in [5, 5.41) is 12.5. The van der Waals surface area contributed by atoms with Crippen LogP contribution in [0.15, 0.2) is 42.1 Å². The number of nitrogens with zero attached hydrogens (tertiary/aromatic N) is 3. The van der Waals surface area contributed by atoms with E-state index in [1.54, 1.807) is 7.11 Å². The topological polar surface area (TPSA) is 69.0 Å². The lowest BCUT2D eigenvalue weighted by Gasteiger charge is -2.12. The first-order chi connectivity index (χ1) is 13.2. The van der Waals surface area contributed by atoms with Gasteiger partial charge in [0.05, 0.1) is 12.9 Å². The molecule has 1 aliphatic carbocycles. The third-order valence-corrected chi connectivity index (χ3v) is 5.65. The van der Waals surface area contributed by atoms with Crippen LogP contribution in [-0.4, -0.2) is 39.6 Å². The lowest BCUT2D eigenvalue weighted by atomic mass is 10.1. The van der Waals surface area contributed by atoms with Crippen LogP contribution in [0.4, 0.5) is 0 Å². The largest absolute Gasteiger partial charge is 0.497 e. The minimum absolute atomic E-state index is 0.0664. The summed E-state index contributed by atoms with van der Waals surface area (Å²) in [6, 6.07) is 8.26. The smallest absolute Gasteiger partial charge is 0.230 e. The van der Waals surface area contributed by atoms with E-state index in [4.69, 9.17) is 4.74 Å². The van der Waals surface area contributed by atoms with Crippen LogP contribution in [0.2, 0.25) is 0 Å². The van der Waals surface area contributed by atoms with Gasteiger partial charge < -0.3 is 14.6 Å². The Morgan fingerprint density at radius 3 is 2.74 bits per heavy atom. The fourth-order valence-corrected chi connectivity index (χ4v) is 4.04. The van der Waals surface area contributed by atoms with E-state index in [2.05, 4.69) is 22.1 Å². The van der Waals surface area contributed by atoms with Crippen LogP contribution in [0.1, 0.15) is 37.1 Å². The fourth-order valence-electron chi connectivity index (χ4n) is 3.26. The molecule has 0 spiro atoms. The normalized spacial score (nSPS) is 14.3. The van der Waals surface area contributed by atoms with E-state index in [-0.39, 0.29) is 5.91 Å². The van der Waals surface area contributed by atoms with Crippen molar-refractivity contribution in [1.82, 2.24) is 20.1 Å². The van der Waals surface area contributed by atoms with Crippen molar-refractivity contribution in [3.8, 4) is 5.75 Å². The maximum absolute atomic E-state index is 12.2. The highest BCUT2D eigenvalue weighted by Gasteiger charge is 2.18. The summed E-state index contributed by atoms with van der Waals surface area (Å²) < 4.78 is 7.22. The van der Waals surface area contributed by atoms with Gasteiger partial charge in [-0.25, -0.2) is 0 Å². The number of thioether (sulfide) groups is 1. The number of hydrogen-bond donors (Lipinski definition) is 1. The van der Waals surface area contributed by atoms with Crippen LogP contribution in [0, 0.1) is 0 Å². The molecule has 0 unspecified atom stereocenters. The first-order valence-electron chi connectivity index (χ1n) is 9.27. The number of carbonyl (C=O) groups is 1. The van der Waals surface area contributed by atoms with E-state index in [9.17, 15) is 4.79 Å². The van der Waals surface area contributed by atoms with Crippen LogP contribution < -0.4 is 10.1 Å². The SMILES string of the molecule is C=CCn1c(Cc2ccc(OC)cc2)nnc1SCC(=O)NC1CCCC1. The Bertz CT molecular complexity index is 767. The van der Waals surface area contributed by atoms with Gasteiger partial charge in [0.2, 0.25) is 5.91 Å². The maximum atomic E-state index is 12.2. The molecule has 1 heterocycles. The van der Waals surface area contributed by atoms with E-state index in [1.165, 1.54) is 24.6 Å². The number of nitrogens with one attached hydrogen (secondary N) is 1. The molecule has 7 heteroatoms. The molecule has 0 aliphatic heterocycles. The van der Waals surface area contributed by atoms with Crippen molar-refractivity contribution in [2.75, 3.05) is 12.9 Å². The van der Waals surface area contributed by atoms with E-state index in [0.717, 1.165) is 35.1 Å². The Balaban J connectivity index is 1.62. The van der Waals surface area contributed by atoms with Crippen molar-refractivity contribution < 1.29 is 9.53 Å². The summed E-state index contributed by atoms with van der Waals surface area (Å²) in [4.78, 5) is 12.2. The van der Waals surface area contributed by atoms with E-state index >= 15 is 0 Å². The summed E-state index contributed by atoms with van der Waals surface area (Å²) >= 11 is 1.43. The Morgan fingerprint density at radius 2 is 2.07 bits per heavy atom. The van der Waals surface area contributed by atoms with Gasteiger partial charge in [0, 0.05) is 19.0 Å². The van der Waals surface area contributed by atoms with Gasteiger partial charge in [-0.05, 0) is 30.5 Å². The van der Waals surface area contributed by atoms with Gasteiger partial charge in [0.1, 0.15) is 11.6 Å². The van der Waals surface area contributed by atoms with Crippen LogP contribution in [0.25, 0.3) is 0 Å². The molecule has 0 bridgehead atoms. The van der Waals surface area contributed by atoms with Gasteiger partial charge in [-0.2, -0.15) is 0 Å². The van der Waals surface area contributed by atoms with Gasteiger partial charge in [0.25, 0.3) is 0 Å². The van der Waals surface area contributed by atoms with Crippen LogP contribution in [0.5, 0.6) is 5.75 Å². The third kappa shape index (κ3) is 5.35. The molecular weight excluding hydrogens is 360 g/mol. The highest BCUT2D eigenvalue weighted by molar-refractivity contribution is 7.99. The van der Waals surface area contributed by atoms with E-state index < -0.39 is 0 Å². The average molecular weight is 387 g/mol. The fraction of sp³-hybridized carbons (Fsp3) is 0.450. The quantitative estimate of drug-likeness (QED) is 0.529. The number of methoxy groups -OCH3 is 1. The predicted octanol–water partition coefficient (Wildman–Crippen LogP) is 3.21. The van der Waals surface area contributed by atoms with Crippen LogP contribution in [-0.2, 0) is 17.8 Å². The molecule has 1 aromatic heterocycles. The molecule has 0 radical (unpaired) electrons. The summed E-state index contributed by atoms with van der Waals surface area (Å²) in [5.41, 5.74) is 1.13. The standard InChI is InChI=1S/C20H26N4O2S/c1-3-12-24-18(13-15-8-10-17(26-2)11-9-15)22-23-20(24)27-14-19(25)21-16-6-4-5-7-16/h3,8-11,16H,1,4-7,12-14H2,2H3,(H,21,25). The Morgan fingerprint density at radius 1 is 1.33 bits per heavy atom. The molecule has 144 valence electrons. The second-order valence-electron chi connectivity index (χ2n) is 6.66. The van der Waals surface area contributed by atoms with Gasteiger partial charge in [-0.3, -0.25) is 4.79 Å². The second-order valence-corrected chi connectivity index (χ2v) is 7.60. The highest BCUT2D eigenvalue weighted by Crippen LogP contribution is 2.21. The number of benzene rings is 1. The van der Waals surface area contributed by atoms with E-state index in [1.807, 2.05) is 34.9 Å². The van der Waals surface area contributed by atoms with Crippen molar-refractivity contribution >= 4 is 17.7 Å². The number of hydrogen-bond acceptors (Lipinski definition) is 5. The first-order valence-corrected chi connectivity index (χ1v) is 10.3. The molecule has 1 aliphatic rings. The number of allylic oxidation sites excluding steroid dienone is 1. The minimum Gasteiger partial charge on any atom is -0.497 e. The van der Waals surface area contributed by atoms with Crippen molar-refractivity contribution in [2.24, 2.45) is 0 Å². The number of ether oxygens (including phenoxy) is 1. The zero-order chi connectivity index (χ0) is 19.1. The monoisotopic (exact) mass is 386 g/mol. The predicted molar refractivity (Wildman–Crippen MR) is 107 cm³/mol.